The fourth-order valence-corrected chi connectivity index (χ4v) is 2.25. The van der Waals surface area contributed by atoms with Crippen molar-refractivity contribution in [3.05, 3.63) is 48.0 Å². The molecule has 4 nitrogen and oxygen atoms in total. The van der Waals surface area contributed by atoms with E-state index in [1.54, 1.807) is 0 Å². The number of carbonyl (C=O) groups is 1. The summed E-state index contributed by atoms with van der Waals surface area (Å²) in [6, 6.07) is 8.17. The molecule has 0 N–H and O–H groups in total. The molecule has 1 aromatic rings. The molecular weight excluding hydrogens is 254 g/mol. The van der Waals surface area contributed by atoms with Crippen LogP contribution in [0.1, 0.15) is 24.2 Å². The van der Waals surface area contributed by atoms with Gasteiger partial charge in [-0.1, -0.05) is 30.8 Å². The van der Waals surface area contributed by atoms with E-state index < -0.39 is 5.97 Å². The van der Waals surface area contributed by atoms with Gasteiger partial charge in [0, 0.05) is 25.7 Å². The zero-order valence-electron chi connectivity index (χ0n) is 11.9. The molecule has 1 aliphatic rings. The Balaban J connectivity index is 1.99. The molecule has 0 amide bonds. The van der Waals surface area contributed by atoms with E-state index in [2.05, 4.69) is 23.6 Å². The third kappa shape index (κ3) is 4.18. The van der Waals surface area contributed by atoms with Crippen molar-refractivity contribution in [2.24, 2.45) is 0 Å². The highest BCUT2D eigenvalue weighted by Gasteiger charge is 2.13. The van der Waals surface area contributed by atoms with Gasteiger partial charge >= 0.3 is 5.97 Å². The molecule has 1 atom stereocenters. The third-order valence-corrected chi connectivity index (χ3v) is 3.39. The Morgan fingerprint density at radius 2 is 2.25 bits per heavy atom. The van der Waals surface area contributed by atoms with Gasteiger partial charge in [0.15, 0.2) is 0 Å². The SMILES string of the molecule is C=CC(=O)OC(C)c1cccc(CN2CCOCC2)c1. The summed E-state index contributed by atoms with van der Waals surface area (Å²) >= 11 is 0. The van der Waals surface area contributed by atoms with Gasteiger partial charge in [0.25, 0.3) is 0 Å². The molecule has 0 spiro atoms. The molecule has 20 heavy (non-hydrogen) atoms. The number of carbonyl (C=O) groups excluding carboxylic acids is 1. The van der Waals surface area contributed by atoms with Crippen molar-refractivity contribution >= 4 is 5.97 Å². The first kappa shape index (κ1) is 14.8. The smallest absolute Gasteiger partial charge is 0.330 e. The van der Waals surface area contributed by atoms with Crippen molar-refractivity contribution in [2.75, 3.05) is 26.3 Å². The predicted octanol–water partition coefficient (Wildman–Crippen LogP) is 2.31. The molecule has 0 bridgehead atoms. The molecule has 0 radical (unpaired) electrons. The van der Waals surface area contributed by atoms with Gasteiger partial charge < -0.3 is 9.47 Å². The van der Waals surface area contributed by atoms with Crippen LogP contribution in [-0.2, 0) is 20.8 Å². The zero-order chi connectivity index (χ0) is 14.4. The lowest BCUT2D eigenvalue weighted by atomic mass is 10.1. The van der Waals surface area contributed by atoms with Crippen LogP contribution in [0.3, 0.4) is 0 Å². The van der Waals surface area contributed by atoms with E-state index in [1.165, 1.54) is 11.6 Å². The minimum atomic E-state index is -0.393. The second-order valence-corrected chi connectivity index (χ2v) is 4.92. The summed E-state index contributed by atoms with van der Waals surface area (Å²) in [5.41, 5.74) is 2.23. The maximum atomic E-state index is 11.2. The standard InChI is InChI=1S/C16H21NO3/c1-3-16(18)20-13(2)15-6-4-5-14(11-15)12-17-7-9-19-10-8-17/h3-6,11,13H,1,7-10,12H2,2H3. The van der Waals surface area contributed by atoms with Crippen LogP contribution in [0.5, 0.6) is 0 Å². The van der Waals surface area contributed by atoms with E-state index in [0.29, 0.717) is 0 Å². The highest BCUT2D eigenvalue weighted by molar-refractivity contribution is 5.81. The second-order valence-electron chi connectivity index (χ2n) is 4.92. The van der Waals surface area contributed by atoms with Crippen LogP contribution in [0.2, 0.25) is 0 Å². The van der Waals surface area contributed by atoms with Crippen LogP contribution in [-0.4, -0.2) is 37.2 Å². The van der Waals surface area contributed by atoms with Gasteiger partial charge in [0.2, 0.25) is 0 Å². The molecule has 0 aliphatic carbocycles. The Morgan fingerprint density at radius 3 is 2.95 bits per heavy atom. The summed E-state index contributed by atoms with van der Waals surface area (Å²) in [4.78, 5) is 13.6. The summed E-state index contributed by atoms with van der Waals surface area (Å²) in [7, 11) is 0. The molecular formula is C16H21NO3. The fraction of sp³-hybridized carbons (Fsp3) is 0.438. The van der Waals surface area contributed by atoms with E-state index in [-0.39, 0.29) is 6.10 Å². The van der Waals surface area contributed by atoms with Crippen molar-refractivity contribution < 1.29 is 14.3 Å². The highest BCUT2D eigenvalue weighted by atomic mass is 16.5. The molecule has 1 saturated heterocycles. The number of benzene rings is 1. The van der Waals surface area contributed by atoms with Gasteiger partial charge in [0.05, 0.1) is 13.2 Å². The Kier molecular flexibility index (Phi) is 5.32. The number of morpholine rings is 1. The van der Waals surface area contributed by atoms with E-state index in [4.69, 9.17) is 9.47 Å². The fourth-order valence-electron chi connectivity index (χ4n) is 2.25. The van der Waals surface area contributed by atoms with Crippen LogP contribution in [0.25, 0.3) is 0 Å². The lowest BCUT2D eigenvalue weighted by Gasteiger charge is -2.26. The minimum absolute atomic E-state index is 0.259. The van der Waals surface area contributed by atoms with Crippen molar-refractivity contribution in [3.8, 4) is 0 Å². The Morgan fingerprint density at radius 1 is 1.50 bits per heavy atom. The number of hydrogen-bond donors (Lipinski definition) is 0. The molecule has 1 aliphatic heterocycles. The zero-order valence-corrected chi connectivity index (χ0v) is 11.9. The molecule has 0 aromatic heterocycles. The molecule has 1 aromatic carbocycles. The average molecular weight is 275 g/mol. The van der Waals surface area contributed by atoms with Crippen LogP contribution >= 0.6 is 0 Å². The first-order chi connectivity index (χ1) is 9.69. The van der Waals surface area contributed by atoms with Crippen molar-refractivity contribution in [2.45, 2.75) is 19.6 Å². The molecule has 1 fully saturated rings. The predicted molar refractivity (Wildman–Crippen MR) is 77.2 cm³/mol. The van der Waals surface area contributed by atoms with Gasteiger partial charge in [0.1, 0.15) is 6.10 Å². The van der Waals surface area contributed by atoms with E-state index >= 15 is 0 Å². The van der Waals surface area contributed by atoms with Gasteiger partial charge in [-0.3, -0.25) is 4.90 Å². The second kappa shape index (κ2) is 7.22. The molecule has 108 valence electrons. The summed E-state index contributed by atoms with van der Waals surface area (Å²) in [6.07, 6.45) is 0.929. The minimum Gasteiger partial charge on any atom is -0.455 e. The average Bonchev–Trinajstić information content (AvgIpc) is 2.48. The largest absolute Gasteiger partial charge is 0.455 e. The van der Waals surface area contributed by atoms with E-state index in [9.17, 15) is 4.79 Å². The van der Waals surface area contributed by atoms with Crippen LogP contribution in [0, 0.1) is 0 Å². The quantitative estimate of drug-likeness (QED) is 0.610. The number of hydrogen-bond acceptors (Lipinski definition) is 4. The lowest BCUT2D eigenvalue weighted by Crippen LogP contribution is -2.35. The van der Waals surface area contributed by atoms with Crippen LogP contribution in [0.4, 0.5) is 0 Å². The monoisotopic (exact) mass is 275 g/mol. The van der Waals surface area contributed by atoms with Crippen LogP contribution < -0.4 is 0 Å². The molecule has 0 saturated carbocycles. The number of nitrogens with zero attached hydrogens (tertiary/aromatic N) is 1. The van der Waals surface area contributed by atoms with Gasteiger partial charge in [-0.05, 0) is 18.1 Å². The molecule has 4 heteroatoms. The van der Waals surface area contributed by atoms with Gasteiger partial charge in [-0.25, -0.2) is 4.79 Å². The summed E-state index contributed by atoms with van der Waals surface area (Å²) < 4.78 is 10.6. The summed E-state index contributed by atoms with van der Waals surface area (Å²) in [6.45, 7) is 9.71. The lowest BCUT2D eigenvalue weighted by molar-refractivity contribution is -0.142. The Bertz CT molecular complexity index is 467. The molecule has 1 unspecified atom stereocenters. The first-order valence-corrected chi connectivity index (χ1v) is 6.91. The van der Waals surface area contributed by atoms with Gasteiger partial charge in [-0.2, -0.15) is 0 Å². The van der Waals surface area contributed by atoms with E-state index in [0.717, 1.165) is 38.4 Å². The molecule has 2 rings (SSSR count). The number of esters is 1. The van der Waals surface area contributed by atoms with Crippen LogP contribution in [0.15, 0.2) is 36.9 Å². The normalized spacial score (nSPS) is 17.4. The maximum absolute atomic E-state index is 11.2. The topological polar surface area (TPSA) is 38.8 Å². The molecule has 1 heterocycles. The van der Waals surface area contributed by atoms with Crippen molar-refractivity contribution in [1.29, 1.82) is 0 Å². The maximum Gasteiger partial charge on any atom is 0.330 e. The first-order valence-electron chi connectivity index (χ1n) is 6.91. The van der Waals surface area contributed by atoms with E-state index in [1.807, 2.05) is 19.1 Å². The number of ether oxygens (including phenoxy) is 2. The van der Waals surface area contributed by atoms with Crippen molar-refractivity contribution in [3.63, 3.8) is 0 Å². The third-order valence-electron chi connectivity index (χ3n) is 3.39. The number of rotatable bonds is 5. The summed E-state index contributed by atoms with van der Waals surface area (Å²) in [5.74, 6) is -0.393. The van der Waals surface area contributed by atoms with Crippen molar-refractivity contribution in [1.82, 2.24) is 4.90 Å². The Hall–Kier alpha value is -1.65. The highest BCUT2D eigenvalue weighted by Crippen LogP contribution is 2.19. The Labute approximate surface area is 120 Å². The van der Waals surface area contributed by atoms with Gasteiger partial charge in [-0.15, -0.1) is 0 Å². The summed E-state index contributed by atoms with van der Waals surface area (Å²) in [5, 5.41) is 0.